The van der Waals surface area contributed by atoms with Gasteiger partial charge in [0.05, 0.1) is 10.5 Å². The van der Waals surface area contributed by atoms with E-state index in [9.17, 15) is 18.4 Å². The molecule has 3 aromatic rings. The zero-order chi connectivity index (χ0) is 20.3. The molecule has 1 atom stereocenters. The Kier molecular flexibility index (Phi) is 5.82. The number of hydrogen-bond donors (Lipinski definition) is 0. The molecule has 0 fully saturated rings. The summed E-state index contributed by atoms with van der Waals surface area (Å²) in [5.74, 6) is -0.586. The number of halogens is 1. The van der Waals surface area contributed by atoms with Crippen molar-refractivity contribution in [3.05, 3.63) is 100.0 Å². The third kappa shape index (κ3) is 4.58. The van der Waals surface area contributed by atoms with Crippen molar-refractivity contribution < 1.29 is 17.9 Å². The third-order valence-electron chi connectivity index (χ3n) is 4.48. The molecule has 0 aliphatic rings. The lowest BCUT2D eigenvalue weighted by molar-refractivity contribution is -0.605. The molecule has 0 amide bonds. The lowest BCUT2D eigenvalue weighted by atomic mass is 9.86. The molecule has 0 spiro atoms. The van der Waals surface area contributed by atoms with Gasteiger partial charge in [-0.1, -0.05) is 41.9 Å². The Morgan fingerprint density at radius 2 is 1.75 bits per heavy atom. The van der Waals surface area contributed by atoms with Gasteiger partial charge in [-0.2, -0.15) is 4.73 Å². The van der Waals surface area contributed by atoms with Gasteiger partial charge in [0.15, 0.2) is 28.0 Å². The number of carbonyl (C=O) groups is 1. The normalized spacial score (nSPS) is 12.5. The summed E-state index contributed by atoms with van der Waals surface area (Å²) in [6.45, 7) is 0. The molecule has 0 bridgehead atoms. The van der Waals surface area contributed by atoms with E-state index in [0.29, 0.717) is 15.3 Å². The molecule has 5 nitrogen and oxygen atoms in total. The summed E-state index contributed by atoms with van der Waals surface area (Å²) in [7, 11) is -3.32. The SMILES string of the molecule is CS(=O)(=O)c1ccc(C(CC(=O)c2ccc[n+]([O-])c2)c2ccccc2Cl)cc1. The van der Waals surface area contributed by atoms with E-state index in [1.165, 1.54) is 30.6 Å². The van der Waals surface area contributed by atoms with Crippen LogP contribution in [0.15, 0.2) is 78.0 Å². The van der Waals surface area contributed by atoms with Crippen molar-refractivity contribution in [3.8, 4) is 0 Å². The van der Waals surface area contributed by atoms with Crippen LogP contribution in [0.4, 0.5) is 0 Å². The highest BCUT2D eigenvalue weighted by molar-refractivity contribution is 7.90. The van der Waals surface area contributed by atoms with Gasteiger partial charge in [0.1, 0.15) is 0 Å². The van der Waals surface area contributed by atoms with Crippen molar-refractivity contribution in [3.63, 3.8) is 0 Å². The molecule has 0 saturated carbocycles. The van der Waals surface area contributed by atoms with Crippen LogP contribution in [0.25, 0.3) is 0 Å². The Morgan fingerprint density at radius 3 is 2.36 bits per heavy atom. The average Bonchev–Trinajstić information content (AvgIpc) is 2.66. The van der Waals surface area contributed by atoms with Crippen LogP contribution in [0.3, 0.4) is 0 Å². The highest BCUT2D eigenvalue weighted by Crippen LogP contribution is 2.34. The van der Waals surface area contributed by atoms with Crippen molar-refractivity contribution >= 4 is 27.2 Å². The Hall–Kier alpha value is -2.70. The lowest BCUT2D eigenvalue weighted by Gasteiger charge is -2.19. The monoisotopic (exact) mass is 415 g/mol. The number of carbonyl (C=O) groups excluding carboxylic acids is 1. The molecule has 0 saturated heterocycles. The van der Waals surface area contributed by atoms with Crippen molar-refractivity contribution in [1.82, 2.24) is 0 Å². The maximum absolute atomic E-state index is 12.8. The van der Waals surface area contributed by atoms with Crippen LogP contribution < -0.4 is 4.73 Å². The fourth-order valence-corrected chi connectivity index (χ4v) is 3.93. The number of sulfone groups is 1. The largest absolute Gasteiger partial charge is 0.619 e. The summed E-state index contributed by atoms with van der Waals surface area (Å²) in [4.78, 5) is 13.0. The summed E-state index contributed by atoms with van der Waals surface area (Å²) in [5, 5.41) is 12.0. The number of rotatable bonds is 6. The van der Waals surface area contributed by atoms with Gasteiger partial charge in [-0.05, 0) is 35.4 Å². The smallest absolute Gasteiger partial charge is 0.191 e. The van der Waals surface area contributed by atoms with E-state index in [2.05, 4.69) is 0 Å². The number of hydrogen-bond acceptors (Lipinski definition) is 4. The number of Topliss-reactive ketones (excluding diaryl/α,β-unsaturated/α-hetero) is 1. The highest BCUT2D eigenvalue weighted by Gasteiger charge is 2.22. The van der Waals surface area contributed by atoms with Crippen LogP contribution in [-0.2, 0) is 9.84 Å². The number of nitrogens with zero attached hydrogens (tertiary/aromatic N) is 1. The molecule has 0 radical (unpaired) electrons. The van der Waals surface area contributed by atoms with Gasteiger partial charge in [-0.15, -0.1) is 0 Å². The standard InChI is InChI=1S/C21H18ClNO4S/c1-28(26,27)17-10-8-15(9-11-17)19(18-6-2-3-7-20(18)22)13-21(24)16-5-4-12-23(25)14-16/h2-12,14,19H,13H2,1H3. The average molecular weight is 416 g/mol. The summed E-state index contributed by atoms with van der Waals surface area (Å²) >= 11 is 6.37. The molecule has 28 heavy (non-hydrogen) atoms. The van der Waals surface area contributed by atoms with Crippen molar-refractivity contribution in [2.24, 2.45) is 0 Å². The summed E-state index contributed by atoms with van der Waals surface area (Å²) in [6.07, 6.45) is 3.78. The number of pyridine rings is 1. The van der Waals surface area contributed by atoms with E-state index < -0.39 is 9.84 Å². The second-order valence-corrected chi connectivity index (χ2v) is 8.92. The van der Waals surface area contributed by atoms with E-state index in [-0.39, 0.29) is 23.0 Å². The van der Waals surface area contributed by atoms with Crippen LogP contribution in [0.2, 0.25) is 5.02 Å². The van der Waals surface area contributed by atoms with Crippen molar-refractivity contribution in [2.75, 3.05) is 6.26 Å². The molecule has 2 aromatic carbocycles. The van der Waals surface area contributed by atoms with E-state index in [1.54, 1.807) is 30.3 Å². The van der Waals surface area contributed by atoms with Crippen LogP contribution in [0, 0.1) is 5.21 Å². The minimum Gasteiger partial charge on any atom is -0.619 e. The summed E-state index contributed by atoms with van der Waals surface area (Å²) in [6, 6.07) is 16.7. The van der Waals surface area contributed by atoms with Crippen LogP contribution in [0.1, 0.15) is 33.8 Å². The predicted octanol–water partition coefficient (Wildman–Crippen LogP) is 3.78. The molecular weight excluding hydrogens is 398 g/mol. The van der Waals surface area contributed by atoms with Gasteiger partial charge in [-0.25, -0.2) is 8.42 Å². The number of benzene rings is 2. The highest BCUT2D eigenvalue weighted by atomic mass is 35.5. The van der Waals surface area contributed by atoms with Gasteiger partial charge in [0, 0.05) is 29.7 Å². The first-order chi connectivity index (χ1) is 13.3. The fraction of sp³-hybridized carbons (Fsp3) is 0.143. The molecule has 1 unspecified atom stereocenters. The number of ketones is 1. The first-order valence-corrected chi connectivity index (χ1v) is 10.8. The first kappa shape index (κ1) is 20.0. The minimum absolute atomic E-state index is 0.0893. The summed E-state index contributed by atoms with van der Waals surface area (Å²) in [5.41, 5.74) is 1.83. The minimum atomic E-state index is -3.32. The second kappa shape index (κ2) is 8.12. The third-order valence-corrected chi connectivity index (χ3v) is 5.95. The van der Waals surface area contributed by atoms with E-state index >= 15 is 0 Å². The van der Waals surface area contributed by atoms with E-state index in [1.807, 2.05) is 12.1 Å². The van der Waals surface area contributed by atoms with Crippen molar-refractivity contribution in [2.45, 2.75) is 17.2 Å². The lowest BCUT2D eigenvalue weighted by Crippen LogP contribution is -2.26. The maximum atomic E-state index is 12.8. The quantitative estimate of drug-likeness (QED) is 0.348. The fourth-order valence-electron chi connectivity index (χ4n) is 3.04. The van der Waals surface area contributed by atoms with Gasteiger partial charge in [0.25, 0.3) is 0 Å². The Morgan fingerprint density at radius 1 is 1.07 bits per heavy atom. The molecule has 0 aliphatic carbocycles. The molecular formula is C21H18ClNO4S. The molecule has 1 aromatic heterocycles. The maximum Gasteiger partial charge on any atom is 0.191 e. The Balaban J connectivity index is 2.01. The van der Waals surface area contributed by atoms with E-state index in [0.717, 1.165) is 17.4 Å². The predicted molar refractivity (Wildman–Crippen MR) is 107 cm³/mol. The van der Waals surface area contributed by atoms with Crippen LogP contribution in [-0.4, -0.2) is 20.5 Å². The summed E-state index contributed by atoms with van der Waals surface area (Å²) < 4.78 is 24.0. The van der Waals surface area contributed by atoms with Gasteiger partial charge in [0.2, 0.25) is 0 Å². The molecule has 3 rings (SSSR count). The Bertz CT molecular complexity index is 1110. The first-order valence-electron chi connectivity index (χ1n) is 8.52. The molecule has 7 heteroatoms. The van der Waals surface area contributed by atoms with E-state index in [4.69, 9.17) is 11.6 Å². The Labute approximate surface area is 168 Å². The van der Waals surface area contributed by atoms with Crippen LogP contribution in [0.5, 0.6) is 0 Å². The topological polar surface area (TPSA) is 78.2 Å². The zero-order valence-electron chi connectivity index (χ0n) is 15.1. The molecule has 0 aliphatic heterocycles. The second-order valence-electron chi connectivity index (χ2n) is 6.50. The molecule has 0 N–H and O–H groups in total. The van der Waals surface area contributed by atoms with Gasteiger partial charge in [-0.3, -0.25) is 4.79 Å². The molecule has 144 valence electrons. The van der Waals surface area contributed by atoms with Gasteiger partial charge >= 0.3 is 0 Å². The number of aromatic nitrogens is 1. The zero-order valence-corrected chi connectivity index (χ0v) is 16.7. The van der Waals surface area contributed by atoms with Crippen molar-refractivity contribution in [1.29, 1.82) is 0 Å². The van der Waals surface area contributed by atoms with Crippen LogP contribution >= 0.6 is 11.6 Å². The van der Waals surface area contributed by atoms with Gasteiger partial charge < -0.3 is 5.21 Å². The molecule has 1 heterocycles.